The fourth-order valence-corrected chi connectivity index (χ4v) is 2.73. The van der Waals surface area contributed by atoms with E-state index in [2.05, 4.69) is 4.90 Å². The minimum atomic E-state index is 0.0429. The monoisotopic (exact) mass is 265 g/mol. The maximum absolute atomic E-state index is 11.6. The first-order chi connectivity index (χ1) is 8.68. The van der Waals surface area contributed by atoms with Crippen LogP contribution in [0.3, 0.4) is 0 Å². The summed E-state index contributed by atoms with van der Waals surface area (Å²) in [5.74, 6) is 0. The van der Waals surface area contributed by atoms with E-state index in [1.165, 1.54) is 12.8 Å². The summed E-state index contributed by atoms with van der Waals surface area (Å²) in [6.07, 6.45) is 5.23. The molecule has 1 aromatic heterocycles. The lowest BCUT2D eigenvalue weighted by atomic mass is 10.0. The van der Waals surface area contributed by atoms with Gasteiger partial charge in [-0.05, 0) is 25.5 Å². The predicted octanol–water partition coefficient (Wildman–Crippen LogP) is 0.989. The van der Waals surface area contributed by atoms with Crippen LogP contribution >= 0.6 is 12.2 Å². The lowest BCUT2D eigenvalue weighted by molar-refractivity contribution is 0.185. The number of thiocarbonyl (C=S) groups is 1. The van der Waals surface area contributed by atoms with E-state index in [-0.39, 0.29) is 11.6 Å². The third-order valence-corrected chi connectivity index (χ3v) is 3.74. The molecule has 18 heavy (non-hydrogen) atoms. The van der Waals surface area contributed by atoms with Crippen molar-refractivity contribution < 1.29 is 0 Å². The summed E-state index contributed by atoms with van der Waals surface area (Å²) in [4.78, 5) is 14.5. The SMILES string of the molecule is NC(=S)C1CCCCN1CCn1ccccc1=O. The smallest absolute Gasteiger partial charge is 0.250 e. The maximum Gasteiger partial charge on any atom is 0.250 e. The van der Waals surface area contributed by atoms with E-state index in [9.17, 15) is 4.79 Å². The number of hydrogen-bond donors (Lipinski definition) is 1. The number of hydrogen-bond acceptors (Lipinski definition) is 3. The molecule has 2 heterocycles. The minimum absolute atomic E-state index is 0.0429. The first-order valence-corrected chi connectivity index (χ1v) is 6.78. The molecule has 0 amide bonds. The Morgan fingerprint density at radius 3 is 2.94 bits per heavy atom. The quantitative estimate of drug-likeness (QED) is 0.825. The number of likely N-dealkylation sites (tertiary alicyclic amines) is 1. The molecule has 1 aliphatic rings. The van der Waals surface area contributed by atoms with Gasteiger partial charge in [0.05, 0.1) is 11.0 Å². The normalized spacial score (nSPS) is 20.8. The van der Waals surface area contributed by atoms with Crippen LogP contribution in [-0.2, 0) is 6.54 Å². The molecule has 0 spiro atoms. The van der Waals surface area contributed by atoms with Crippen LogP contribution in [0, 0.1) is 0 Å². The van der Waals surface area contributed by atoms with Gasteiger partial charge in [0, 0.05) is 25.4 Å². The molecule has 1 atom stereocenters. The van der Waals surface area contributed by atoms with Crippen molar-refractivity contribution in [1.82, 2.24) is 9.47 Å². The number of aromatic nitrogens is 1. The van der Waals surface area contributed by atoms with Crippen molar-refractivity contribution in [1.29, 1.82) is 0 Å². The highest BCUT2D eigenvalue weighted by Gasteiger charge is 2.23. The molecule has 98 valence electrons. The van der Waals surface area contributed by atoms with Gasteiger partial charge < -0.3 is 10.3 Å². The standard InChI is InChI=1S/C13H19N3OS/c14-13(18)11-5-1-3-7-15(11)9-10-16-8-4-2-6-12(16)17/h2,4,6,8,11H,1,3,5,7,9-10H2,(H2,14,18). The topological polar surface area (TPSA) is 51.3 Å². The van der Waals surface area contributed by atoms with Gasteiger partial charge in [-0.2, -0.15) is 0 Å². The molecule has 0 bridgehead atoms. The molecular weight excluding hydrogens is 246 g/mol. The van der Waals surface area contributed by atoms with Crippen LogP contribution in [-0.4, -0.2) is 33.6 Å². The third kappa shape index (κ3) is 3.17. The summed E-state index contributed by atoms with van der Waals surface area (Å²) in [5.41, 5.74) is 5.82. The van der Waals surface area contributed by atoms with E-state index in [1.807, 2.05) is 12.3 Å². The number of rotatable bonds is 4. The number of pyridine rings is 1. The lowest BCUT2D eigenvalue weighted by Gasteiger charge is -2.35. The van der Waals surface area contributed by atoms with Gasteiger partial charge in [0.25, 0.3) is 5.56 Å². The van der Waals surface area contributed by atoms with Crippen LogP contribution in [0.1, 0.15) is 19.3 Å². The Morgan fingerprint density at radius 2 is 2.22 bits per heavy atom. The summed E-state index contributed by atoms with van der Waals surface area (Å²) < 4.78 is 1.73. The van der Waals surface area contributed by atoms with Gasteiger partial charge in [0.15, 0.2) is 0 Å². The highest BCUT2D eigenvalue weighted by atomic mass is 32.1. The summed E-state index contributed by atoms with van der Waals surface area (Å²) in [7, 11) is 0. The van der Waals surface area contributed by atoms with Crippen molar-refractivity contribution in [3.8, 4) is 0 Å². The second kappa shape index (κ2) is 6.11. The van der Waals surface area contributed by atoms with Crippen molar-refractivity contribution in [2.75, 3.05) is 13.1 Å². The van der Waals surface area contributed by atoms with Gasteiger partial charge in [-0.15, -0.1) is 0 Å². The number of nitrogens with zero attached hydrogens (tertiary/aromatic N) is 2. The van der Waals surface area contributed by atoms with Crippen LogP contribution in [0.15, 0.2) is 29.2 Å². The Bertz CT molecular complexity index is 471. The zero-order valence-corrected chi connectivity index (χ0v) is 11.2. The molecule has 1 unspecified atom stereocenters. The average molecular weight is 265 g/mol. The Labute approximate surface area is 112 Å². The number of piperidine rings is 1. The fourth-order valence-electron chi connectivity index (χ4n) is 2.46. The van der Waals surface area contributed by atoms with E-state index in [0.29, 0.717) is 11.5 Å². The minimum Gasteiger partial charge on any atom is -0.392 e. The van der Waals surface area contributed by atoms with Crippen LogP contribution in [0.2, 0.25) is 0 Å². The molecule has 2 rings (SSSR count). The van der Waals surface area contributed by atoms with Crippen LogP contribution < -0.4 is 11.3 Å². The fraction of sp³-hybridized carbons (Fsp3) is 0.538. The highest BCUT2D eigenvalue weighted by Crippen LogP contribution is 2.16. The Morgan fingerprint density at radius 1 is 1.39 bits per heavy atom. The Balaban J connectivity index is 1.98. The van der Waals surface area contributed by atoms with E-state index < -0.39 is 0 Å². The van der Waals surface area contributed by atoms with Gasteiger partial charge >= 0.3 is 0 Å². The molecule has 1 saturated heterocycles. The maximum atomic E-state index is 11.6. The van der Waals surface area contributed by atoms with Crippen molar-refractivity contribution in [2.24, 2.45) is 5.73 Å². The second-order valence-electron chi connectivity index (χ2n) is 4.68. The molecule has 2 N–H and O–H groups in total. The Kier molecular flexibility index (Phi) is 4.49. The summed E-state index contributed by atoms with van der Waals surface area (Å²) in [5, 5.41) is 0. The second-order valence-corrected chi connectivity index (χ2v) is 5.15. The van der Waals surface area contributed by atoms with E-state index in [4.69, 9.17) is 18.0 Å². The van der Waals surface area contributed by atoms with Crippen LogP contribution in [0.4, 0.5) is 0 Å². The van der Waals surface area contributed by atoms with E-state index >= 15 is 0 Å². The van der Waals surface area contributed by atoms with Gasteiger partial charge in [-0.1, -0.05) is 24.7 Å². The molecular formula is C13H19N3OS. The molecule has 0 aliphatic carbocycles. The number of nitrogens with two attached hydrogens (primary N) is 1. The first-order valence-electron chi connectivity index (χ1n) is 6.37. The van der Waals surface area contributed by atoms with Crippen LogP contribution in [0.25, 0.3) is 0 Å². The summed E-state index contributed by atoms with van der Waals surface area (Å²) in [6, 6.07) is 5.43. The van der Waals surface area contributed by atoms with E-state index in [1.54, 1.807) is 16.7 Å². The molecule has 4 nitrogen and oxygen atoms in total. The summed E-state index contributed by atoms with van der Waals surface area (Å²) in [6.45, 7) is 2.54. The van der Waals surface area contributed by atoms with Gasteiger partial charge in [0.1, 0.15) is 0 Å². The molecule has 0 saturated carbocycles. The zero-order valence-electron chi connectivity index (χ0n) is 10.4. The molecule has 0 aromatic carbocycles. The summed E-state index contributed by atoms with van der Waals surface area (Å²) >= 11 is 5.12. The first kappa shape index (κ1) is 13.2. The lowest BCUT2D eigenvalue weighted by Crippen LogP contribution is -2.48. The zero-order chi connectivity index (χ0) is 13.0. The highest BCUT2D eigenvalue weighted by molar-refractivity contribution is 7.80. The molecule has 5 heteroatoms. The van der Waals surface area contributed by atoms with Crippen molar-refractivity contribution in [2.45, 2.75) is 31.8 Å². The van der Waals surface area contributed by atoms with Crippen molar-refractivity contribution >= 4 is 17.2 Å². The predicted molar refractivity (Wildman–Crippen MR) is 76.7 cm³/mol. The largest absolute Gasteiger partial charge is 0.392 e. The average Bonchev–Trinajstić information content (AvgIpc) is 2.38. The Hall–Kier alpha value is -1.20. The van der Waals surface area contributed by atoms with Gasteiger partial charge in [0.2, 0.25) is 0 Å². The van der Waals surface area contributed by atoms with Gasteiger partial charge in [-0.3, -0.25) is 9.69 Å². The van der Waals surface area contributed by atoms with E-state index in [0.717, 1.165) is 19.5 Å². The van der Waals surface area contributed by atoms with Crippen molar-refractivity contribution in [3.63, 3.8) is 0 Å². The molecule has 1 aliphatic heterocycles. The van der Waals surface area contributed by atoms with Crippen LogP contribution in [0.5, 0.6) is 0 Å². The molecule has 0 radical (unpaired) electrons. The molecule has 1 fully saturated rings. The third-order valence-electron chi connectivity index (χ3n) is 3.47. The molecule has 1 aromatic rings. The van der Waals surface area contributed by atoms with Crippen molar-refractivity contribution in [3.05, 3.63) is 34.7 Å². The van der Waals surface area contributed by atoms with Gasteiger partial charge in [-0.25, -0.2) is 0 Å².